The van der Waals surface area contributed by atoms with E-state index in [2.05, 4.69) is 4.98 Å². The molecule has 0 spiro atoms. The molecule has 2 aromatic rings. The molecule has 3 N–H and O–H groups in total. The van der Waals surface area contributed by atoms with Gasteiger partial charge < -0.3 is 15.7 Å². The minimum atomic E-state index is -0.506. The largest absolute Gasteiger partial charge is 0.387 e. The van der Waals surface area contributed by atoms with Gasteiger partial charge >= 0.3 is 0 Å². The van der Waals surface area contributed by atoms with E-state index in [4.69, 9.17) is 5.73 Å². The Morgan fingerprint density at radius 3 is 3.00 bits per heavy atom. The molecular formula is C15H20ClN3O2S2. The van der Waals surface area contributed by atoms with Crippen LogP contribution in [0.5, 0.6) is 0 Å². The number of thiophene rings is 1. The highest BCUT2D eigenvalue weighted by atomic mass is 35.5. The lowest BCUT2D eigenvalue weighted by atomic mass is 10.1. The number of carbonyl (C=O) groups excluding carboxylic acids is 1. The number of hydrogen-bond acceptors (Lipinski definition) is 6. The molecule has 1 aliphatic heterocycles. The van der Waals surface area contributed by atoms with Crippen molar-refractivity contribution in [2.75, 3.05) is 6.54 Å². The molecule has 8 heteroatoms. The molecule has 0 aromatic carbocycles. The Balaban J connectivity index is 0.00000192. The number of nitrogens with two attached hydrogens (primary N) is 1. The quantitative estimate of drug-likeness (QED) is 0.844. The molecule has 1 aliphatic rings. The molecule has 3 rings (SSSR count). The van der Waals surface area contributed by atoms with Crippen molar-refractivity contribution in [1.82, 2.24) is 9.88 Å². The summed E-state index contributed by atoms with van der Waals surface area (Å²) in [6, 6.07) is 3.95. The number of hydrogen-bond donors (Lipinski definition) is 2. The fraction of sp³-hybridized carbons (Fsp3) is 0.467. The van der Waals surface area contributed by atoms with E-state index in [1.54, 1.807) is 16.7 Å². The fourth-order valence-corrected chi connectivity index (χ4v) is 4.23. The molecule has 0 saturated carbocycles. The number of aliphatic hydroxyl groups excluding tert-OH is 1. The number of likely N-dealkylation sites (tertiary alicyclic amines) is 1. The van der Waals surface area contributed by atoms with Gasteiger partial charge in [-0.15, -0.1) is 35.1 Å². The van der Waals surface area contributed by atoms with Gasteiger partial charge in [-0.1, -0.05) is 6.07 Å². The zero-order valence-corrected chi connectivity index (χ0v) is 15.0. The van der Waals surface area contributed by atoms with Crippen molar-refractivity contribution in [3.63, 3.8) is 0 Å². The molecule has 23 heavy (non-hydrogen) atoms. The molecule has 0 aliphatic carbocycles. The summed E-state index contributed by atoms with van der Waals surface area (Å²) in [6.07, 6.45) is 1.98. The van der Waals surface area contributed by atoms with E-state index in [9.17, 15) is 9.90 Å². The lowest BCUT2D eigenvalue weighted by Crippen LogP contribution is -2.36. The maximum Gasteiger partial charge on any atom is 0.273 e. The molecule has 2 aromatic heterocycles. The smallest absolute Gasteiger partial charge is 0.273 e. The topological polar surface area (TPSA) is 79.5 Å². The first-order chi connectivity index (χ1) is 10.7. The van der Waals surface area contributed by atoms with E-state index in [0.717, 1.165) is 29.3 Å². The maximum absolute atomic E-state index is 12.6. The van der Waals surface area contributed by atoms with E-state index < -0.39 is 6.10 Å². The van der Waals surface area contributed by atoms with E-state index in [-0.39, 0.29) is 24.4 Å². The molecular weight excluding hydrogens is 354 g/mol. The molecule has 1 saturated heterocycles. The summed E-state index contributed by atoms with van der Waals surface area (Å²) in [7, 11) is 0. The third kappa shape index (κ3) is 4.10. The Kier molecular flexibility index (Phi) is 6.55. The molecule has 1 fully saturated rings. The third-order valence-corrected chi connectivity index (χ3v) is 5.80. The van der Waals surface area contributed by atoms with Gasteiger partial charge in [-0.05, 0) is 30.7 Å². The summed E-state index contributed by atoms with van der Waals surface area (Å²) >= 11 is 2.97. The minimum absolute atomic E-state index is 0. The highest BCUT2D eigenvalue weighted by Crippen LogP contribution is 2.30. The predicted octanol–water partition coefficient (Wildman–Crippen LogP) is 2.81. The monoisotopic (exact) mass is 373 g/mol. The first kappa shape index (κ1) is 18.4. The molecule has 2 unspecified atom stereocenters. The first-order valence-electron chi connectivity index (χ1n) is 7.36. The van der Waals surface area contributed by atoms with Crippen LogP contribution in [0.25, 0.3) is 0 Å². The van der Waals surface area contributed by atoms with Crippen molar-refractivity contribution in [1.29, 1.82) is 0 Å². The van der Waals surface area contributed by atoms with Crippen molar-refractivity contribution < 1.29 is 9.90 Å². The molecule has 1 amide bonds. The Bertz CT molecular complexity index is 632. The van der Waals surface area contributed by atoms with Crippen LogP contribution in [-0.4, -0.2) is 33.5 Å². The van der Waals surface area contributed by atoms with Crippen LogP contribution in [0.4, 0.5) is 0 Å². The number of thiazole rings is 1. The molecule has 5 nitrogen and oxygen atoms in total. The highest BCUT2D eigenvalue weighted by Gasteiger charge is 2.32. The molecule has 0 radical (unpaired) electrons. The van der Waals surface area contributed by atoms with Gasteiger partial charge in [0.25, 0.3) is 5.91 Å². The van der Waals surface area contributed by atoms with Crippen LogP contribution >= 0.6 is 35.1 Å². The van der Waals surface area contributed by atoms with Gasteiger partial charge in [-0.3, -0.25) is 4.79 Å². The van der Waals surface area contributed by atoms with Crippen molar-refractivity contribution in [2.24, 2.45) is 5.73 Å². The van der Waals surface area contributed by atoms with Crippen LogP contribution < -0.4 is 5.73 Å². The van der Waals surface area contributed by atoms with Crippen LogP contribution in [0.2, 0.25) is 0 Å². The van der Waals surface area contributed by atoms with Gasteiger partial charge in [0.15, 0.2) is 0 Å². The maximum atomic E-state index is 12.6. The number of nitrogens with zero attached hydrogens (tertiary/aromatic N) is 2. The average Bonchev–Trinajstić information content (AvgIpc) is 3.26. The summed E-state index contributed by atoms with van der Waals surface area (Å²) in [6.45, 7) is 1.09. The van der Waals surface area contributed by atoms with E-state index in [0.29, 0.717) is 18.7 Å². The second-order valence-electron chi connectivity index (χ2n) is 5.39. The SMILES string of the molecule is Cl.NCc1nc(C(=O)N2CCCC2CC(O)c2cccs2)cs1. The first-order valence-corrected chi connectivity index (χ1v) is 9.12. The third-order valence-electron chi connectivity index (χ3n) is 3.95. The summed E-state index contributed by atoms with van der Waals surface area (Å²) < 4.78 is 0. The Morgan fingerprint density at radius 1 is 1.52 bits per heavy atom. The van der Waals surface area contributed by atoms with Gasteiger partial charge in [0, 0.05) is 29.4 Å². The molecule has 2 atom stereocenters. The second-order valence-corrected chi connectivity index (χ2v) is 7.31. The van der Waals surface area contributed by atoms with Crippen LogP contribution in [0, 0.1) is 0 Å². The Labute approximate surface area is 149 Å². The van der Waals surface area contributed by atoms with Crippen molar-refractivity contribution in [3.8, 4) is 0 Å². The van der Waals surface area contributed by atoms with E-state index >= 15 is 0 Å². The number of amides is 1. The molecule has 126 valence electrons. The lowest BCUT2D eigenvalue weighted by Gasteiger charge is -2.25. The summed E-state index contributed by atoms with van der Waals surface area (Å²) in [5.41, 5.74) is 6.03. The van der Waals surface area contributed by atoms with Crippen LogP contribution in [0.1, 0.15) is 45.7 Å². The zero-order chi connectivity index (χ0) is 15.5. The lowest BCUT2D eigenvalue weighted by molar-refractivity contribution is 0.0665. The van der Waals surface area contributed by atoms with Crippen molar-refractivity contribution >= 4 is 41.0 Å². The normalized spacial score (nSPS) is 18.7. The van der Waals surface area contributed by atoms with Crippen LogP contribution in [-0.2, 0) is 6.54 Å². The number of rotatable bonds is 5. The average molecular weight is 374 g/mol. The fourth-order valence-electron chi connectivity index (χ4n) is 2.85. The molecule has 3 heterocycles. The van der Waals surface area contributed by atoms with Crippen molar-refractivity contribution in [3.05, 3.63) is 38.5 Å². The standard InChI is InChI=1S/C15H19N3O2S2.ClH/c16-8-14-17-11(9-22-14)15(20)18-5-1-3-10(18)7-12(19)13-4-2-6-21-13;/h2,4,6,9-10,12,19H,1,3,5,7-8,16H2;1H. The number of aromatic nitrogens is 1. The van der Waals surface area contributed by atoms with Gasteiger partial charge in [-0.25, -0.2) is 4.98 Å². The minimum Gasteiger partial charge on any atom is -0.387 e. The van der Waals surface area contributed by atoms with Gasteiger partial charge in [0.05, 0.1) is 6.10 Å². The number of carbonyl (C=O) groups is 1. The summed E-state index contributed by atoms with van der Waals surface area (Å²) in [5.74, 6) is -0.0446. The molecule has 0 bridgehead atoms. The van der Waals surface area contributed by atoms with Crippen LogP contribution in [0.3, 0.4) is 0 Å². The Morgan fingerprint density at radius 2 is 2.35 bits per heavy atom. The Hall–Kier alpha value is -0.990. The summed E-state index contributed by atoms with van der Waals surface area (Å²) in [5, 5.41) is 14.8. The summed E-state index contributed by atoms with van der Waals surface area (Å²) in [4.78, 5) is 19.7. The second kappa shape index (κ2) is 8.21. The van der Waals surface area contributed by atoms with Crippen LogP contribution in [0.15, 0.2) is 22.9 Å². The van der Waals surface area contributed by atoms with E-state index in [1.807, 2.05) is 22.4 Å². The van der Waals surface area contributed by atoms with E-state index in [1.165, 1.54) is 11.3 Å². The van der Waals surface area contributed by atoms with Crippen molar-refractivity contribution in [2.45, 2.75) is 38.0 Å². The number of aliphatic hydroxyl groups is 1. The zero-order valence-electron chi connectivity index (χ0n) is 12.6. The predicted molar refractivity (Wildman–Crippen MR) is 95.2 cm³/mol. The van der Waals surface area contributed by atoms with Gasteiger partial charge in [0.2, 0.25) is 0 Å². The van der Waals surface area contributed by atoms with Gasteiger partial charge in [-0.2, -0.15) is 0 Å². The number of halogens is 1. The van der Waals surface area contributed by atoms with Gasteiger partial charge in [0.1, 0.15) is 10.7 Å². The highest BCUT2D eigenvalue weighted by molar-refractivity contribution is 7.10.